The molecular weight excluding hydrogens is 284 g/mol. The predicted octanol–water partition coefficient (Wildman–Crippen LogP) is 3.65. The molecule has 1 saturated carbocycles. The zero-order chi connectivity index (χ0) is 15.1. The number of carbonyl (C=O) groups excluding carboxylic acids is 1. The fourth-order valence-corrected chi connectivity index (χ4v) is 3.54. The highest BCUT2D eigenvalue weighted by molar-refractivity contribution is 7.27. The van der Waals surface area contributed by atoms with Crippen molar-refractivity contribution >= 4 is 21.0 Å². The van der Waals surface area contributed by atoms with E-state index in [-0.39, 0.29) is 5.82 Å². The van der Waals surface area contributed by atoms with Crippen LogP contribution in [0.1, 0.15) is 50.5 Å². The first kappa shape index (κ1) is 16.4. The van der Waals surface area contributed by atoms with E-state index in [1.165, 1.54) is 50.7 Å². The van der Waals surface area contributed by atoms with Gasteiger partial charge in [0, 0.05) is 13.1 Å². The minimum absolute atomic E-state index is 0.243. The molecule has 1 unspecified atom stereocenters. The third kappa shape index (κ3) is 5.74. The first-order valence-electron chi connectivity index (χ1n) is 7.91. The van der Waals surface area contributed by atoms with E-state index in [2.05, 4.69) is 9.24 Å². The maximum absolute atomic E-state index is 13.4. The second kappa shape index (κ2) is 8.48. The molecule has 0 N–H and O–H groups in total. The van der Waals surface area contributed by atoms with E-state index < -0.39 is 0 Å². The highest BCUT2D eigenvalue weighted by Gasteiger charge is 2.14. The Morgan fingerprint density at radius 3 is 2.52 bits per heavy atom. The van der Waals surface area contributed by atoms with E-state index in [4.69, 9.17) is 0 Å². The predicted molar refractivity (Wildman–Crippen MR) is 88.0 cm³/mol. The highest BCUT2D eigenvalue weighted by atomic mass is 31.0. The Morgan fingerprint density at radius 1 is 1.19 bits per heavy atom. The van der Waals surface area contributed by atoms with Gasteiger partial charge in [0.25, 0.3) is 0 Å². The molecule has 2 nitrogen and oxygen atoms in total. The number of carbonyl (C=O) groups is 1. The molecule has 4 heteroatoms. The first-order valence-corrected chi connectivity index (χ1v) is 8.49. The summed E-state index contributed by atoms with van der Waals surface area (Å²) < 4.78 is 13.4. The van der Waals surface area contributed by atoms with Gasteiger partial charge < -0.3 is 4.90 Å². The number of nitrogens with zero attached hydrogens (tertiary/aromatic N) is 1. The van der Waals surface area contributed by atoms with Gasteiger partial charge in [-0.25, -0.2) is 4.39 Å². The molecule has 0 radical (unpaired) electrons. The van der Waals surface area contributed by atoms with Crippen LogP contribution in [0.4, 0.5) is 4.39 Å². The van der Waals surface area contributed by atoms with Crippen LogP contribution in [0.5, 0.6) is 0 Å². The summed E-state index contributed by atoms with van der Waals surface area (Å²) in [7, 11) is 2.50. The monoisotopic (exact) mass is 309 g/mol. The molecule has 116 valence electrons. The van der Waals surface area contributed by atoms with Crippen LogP contribution in [-0.4, -0.2) is 17.9 Å². The Kier molecular flexibility index (Phi) is 6.63. The molecule has 0 bridgehead atoms. The van der Waals surface area contributed by atoms with Crippen LogP contribution in [-0.2, 0) is 11.3 Å². The van der Waals surface area contributed by atoms with Gasteiger partial charge in [-0.2, -0.15) is 0 Å². The van der Waals surface area contributed by atoms with Crippen molar-refractivity contribution in [2.24, 2.45) is 5.92 Å². The molecule has 0 heterocycles. The van der Waals surface area contributed by atoms with Gasteiger partial charge in [0.1, 0.15) is 5.82 Å². The molecule has 1 amide bonds. The molecule has 1 atom stereocenters. The average molecular weight is 309 g/mol. The van der Waals surface area contributed by atoms with Crippen LogP contribution in [0.3, 0.4) is 0 Å². The fraction of sp³-hybridized carbons (Fsp3) is 0.588. The Bertz CT molecular complexity index is 438. The van der Waals surface area contributed by atoms with E-state index in [1.807, 2.05) is 6.07 Å². The summed E-state index contributed by atoms with van der Waals surface area (Å²) >= 11 is 0. The van der Waals surface area contributed by atoms with Crippen LogP contribution in [0.25, 0.3) is 0 Å². The number of rotatable bonds is 6. The topological polar surface area (TPSA) is 20.3 Å². The quantitative estimate of drug-likeness (QED) is 0.446. The molecule has 0 saturated heterocycles. The van der Waals surface area contributed by atoms with E-state index in [0.717, 1.165) is 36.2 Å². The summed E-state index contributed by atoms with van der Waals surface area (Å²) in [6.45, 7) is 1.27. The molecule has 1 aromatic carbocycles. The third-order valence-corrected chi connectivity index (χ3v) is 4.65. The maximum atomic E-state index is 13.4. The minimum atomic E-state index is -0.243. The fourth-order valence-electron chi connectivity index (χ4n) is 3.17. The largest absolute Gasteiger partial charge is 0.341 e. The zero-order valence-electron chi connectivity index (χ0n) is 12.6. The molecule has 0 aliphatic heterocycles. The lowest BCUT2D eigenvalue weighted by molar-refractivity contribution is -0.118. The summed E-state index contributed by atoms with van der Waals surface area (Å²) in [4.78, 5) is 13.0. The van der Waals surface area contributed by atoms with Crippen LogP contribution < -0.4 is 5.30 Å². The van der Waals surface area contributed by atoms with E-state index >= 15 is 0 Å². The number of hydrogen-bond acceptors (Lipinski definition) is 1. The number of amides is 1. The van der Waals surface area contributed by atoms with E-state index in [0.29, 0.717) is 6.54 Å². The van der Waals surface area contributed by atoms with Crippen LogP contribution >= 0.6 is 9.24 Å². The van der Waals surface area contributed by atoms with Crippen molar-refractivity contribution in [3.05, 3.63) is 29.6 Å². The smallest absolute Gasteiger partial charge is 0.210 e. The first-order chi connectivity index (χ1) is 10.2. The molecule has 1 aliphatic rings. The second-order valence-corrected chi connectivity index (χ2v) is 6.78. The molecule has 1 aliphatic carbocycles. The maximum Gasteiger partial charge on any atom is 0.210 e. The summed E-state index contributed by atoms with van der Waals surface area (Å²) in [5.74, 6) is 0.506. The zero-order valence-corrected chi connectivity index (χ0v) is 13.7. The van der Waals surface area contributed by atoms with Crippen molar-refractivity contribution in [1.82, 2.24) is 4.90 Å². The highest BCUT2D eigenvalue weighted by Crippen LogP contribution is 2.25. The molecule has 0 aromatic heterocycles. The third-order valence-electron chi connectivity index (χ3n) is 4.31. The normalized spacial score (nSPS) is 16.5. The van der Waals surface area contributed by atoms with Gasteiger partial charge in [0.05, 0.1) is 0 Å². The van der Waals surface area contributed by atoms with Crippen molar-refractivity contribution in [1.29, 1.82) is 0 Å². The molecule has 21 heavy (non-hydrogen) atoms. The molecular formula is C17H25FNOP. The van der Waals surface area contributed by atoms with Crippen LogP contribution in [0.2, 0.25) is 0 Å². The van der Waals surface area contributed by atoms with Crippen molar-refractivity contribution < 1.29 is 9.18 Å². The lowest BCUT2D eigenvalue weighted by Gasteiger charge is -2.21. The Balaban J connectivity index is 1.86. The standard InChI is InChI=1S/C17H25FNOP/c18-16-9-15(10-17(21)11-16)12-19(13-20)8-7-14-5-3-1-2-4-6-14/h9-11,13-14H,1-8,12,21H2. The number of benzene rings is 1. The Hall–Kier alpha value is -0.950. The molecule has 1 aromatic rings. The minimum Gasteiger partial charge on any atom is -0.341 e. The summed E-state index contributed by atoms with van der Waals surface area (Å²) in [6.07, 6.45) is 9.91. The number of halogens is 1. The summed E-state index contributed by atoms with van der Waals surface area (Å²) in [5, 5.41) is 0.819. The summed E-state index contributed by atoms with van der Waals surface area (Å²) in [5.41, 5.74) is 0.855. The van der Waals surface area contributed by atoms with Gasteiger partial charge in [-0.3, -0.25) is 4.79 Å². The number of hydrogen-bond donors (Lipinski definition) is 0. The average Bonchev–Trinajstić information content (AvgIpc) is 2.71. The van der Waals surface area contributed by atoms with E-state index in [9.17, 15) is 9.18 Å². The van der Waals surface area contributed by atoms with Crippen molar-refractivity contribution in [3.8, 4) is 0 Å². The van der Waals surface area contributed by atoms with Gasteiger partial charge in [-0.05, 0) is 41.4 Å². The summed E-state index contributed by atoms with van der Waals surface area (Å²) in [6, 6.07) is 4.90. The Morgan fingerprint density at radius 2 is 1.90 bits per heavy atom. The lowest BCUT2D eigenvalue weighted by Crippen LogP contribution is -2.24. The van der Waals surface area contributed by atoms with Gasteiger partial charge >= 0.3 is 0 Å². The molecule has 0 spiro atoms. The van der Waals surface area contributed by atoms with Crippen molar-refractivity contribution in [3.63, 3.8) is 0 Å². The van der Waals surface area contributed by atoms with Gasteiger partial charge in [-0.1, -0.05) is 38.5 Å². The molecule has 1 fully saturated rings. The van der Waals surface area contributed by atoms with Crippen LogP contribution in [0.15, 0.2) is 18.2 Å². The van der Waals surface area contributed by atoms with Gasteiger partial charge in [-0.15, -0.1) is 9.24 Å². The second-order valence-electron chi connectivity index (χ2n) is 6.11. The van der Waals surface area contributed by atoms with Crippen molar-refractivity contribution in [2.75, 3.05) is 6.54 Å². The molecule has 2 rings (SSSR count). The van der Waals surface area contributed by atoms with Crippen LogP contribution in [0, 0.1) is 11.7 Å². The lowest BCUT2D eigenvalue weighted by atomic mass is 9.96. The van der Waals surface area contributed by atoms with Gasteiger partial charge in [0.2, 0.25) is 6.41 Å². The Labute approximate surface area is 129 Å². The van der Waals surface area contributed by atoms with E-state index in [1.54, 1.807) is 4.90 Å². The SMILES string of the molecule is O=CN(CCC1CCCCCC1)Cc1cc(F)cc(P)c1. The van der Waals surface area contributed by atoms with Gasteiger partial charge in [0.15, 0.2) is 0 Å². The van der Waals surface area contributed by atoms with Crippen molar-refractivity contribution in [2.45, 2.75) is 51.5 Å².